The van der Waals surface area contributed by atoms with Crippen LogP contribution in [0.25, 0.3) is 0 Å². The summed E-state index contributed by atoms with van der Waals surface area (Å²) in [5, 5.41) is 3.41. The highest BCUT2D eigenvalue weighted by atomic mass is 35.5. The Morgan fingerprint density at radius 2 is 2.13 bits per heavy atom. The Labute approximate surface area is 97.4 Å². The van der Waals surface area contributed by atoms with Crippen LogP contribution in [0.1, 0.15) is 18.1 Å². The minimum Gasteiger partial charge on any atom is -0.361 e. The molecule has 0 amide bonds. The highest BCUT2D eigenvalue weighted by Gasteiger charge is 2.20. The van der Waals surface area contributed by atoms with E-state index in [1.54, 1.807) is 0 Å². The predicted molar refractivity (Wildman–Crippen MR) is 64.5 cm³/mol. The van der Waals surface area contributed by atoms with E-state index in [9.17, 15) is 0 Å². The monoisotopic (exact) mass is 227 g/mol. The van der Waals surface area contributed by atoms with Crippen molar-refractivity contribution < 1.29 is 4.74 Å². The van der Waals surface area contributed by atoms with E-state index in [2.05, 4.69) is 43.4 Å². The normalized spacial score (nSPS) is 24.9. The van der Waals surface area contributed by atoms with Crippen molar-refractivity contribution in [1.29, 1.82) is 0 Å². The second kappa shape index (κ2) is 5.50. The number of hydrogen-bond donors (Lipinski definition) is 1. The fourth-order valence-electron chi connectivity index (χ4n) is 1.83. The molecule has 2 nitrogen and oxygen atoms in total. The van der Waals surface area contributed by atoms with Crippen molar-refractivity contribution in [3.05, 3.63) is 35.4 Å². The van der Waals surface area contributed by atoms with Gasteiger partial charge in [-0.3, -0.25) is 5.32 Å². The molecule has 1 heterocycles. The number of halogens is 1. The molecular formula is C12H18ClNO. The van der Waals surface area contributed by atoms with Crippen molar-refractivity contribution >= 4 is 12.4 Å². The van der Waals surface area contributed by atoms with E-state index in [-0.39, 0.29) is 18.6 Å². The summed E-state index contributed by atoms with van der Waals surface area (Å²) < 4.78 is 5.61. The van der Waals surface area contributed by atoms with Crippen molar-refractivity contribution in [1.82, 2.24) is 5.32 Å². The zero-order valence-corrected chi connectivity index (χ0v) is 10.0. The molecule has 1 aromatic carbocycles. The molecule has 1 aromatic rings. The maximum Gasteiger partial charge on any atom is 0.112 e. The predicted octanol–water partition coefficient (Wildman–Crippen LogP) is 2.29. The van der Waals surface area contributed by atoms with E-state index in [0.29, 0.717) is 6.04 Å². The van der Waals surface area contributed by atoms with Crippen molar-refractivity contribution in [2.24, 2.45) is 0 Å². The number of aryl methyl sites for hydroxylation is 1. The maximum absolute atomic E-state index is 5.61. The van der Waals surface area contributed by atoms with E-state index >= 15 is 0 Å². The Morgan fingerprint density at radius 1 is 1.40 bits per heavy atom. The molecule has 2 unspecified atom stereocenters. The molecule has 1 aliphatic heterocycles. The van der Waals surface area contributed by atoms with Crippen LogP contribution in [-0.2, 0) is 11.2 Å². The number of rotatable bonds is 2. The molecule has 1 saturated heterocycles. The van der Waals surface area contributed by atoms with Crippen molar-refractivity contribution in [3.8, 4) is 0 Å². The lowest BCUT2D eigenvalue weighted by Gasteiger charge is -2.12. The van der Waals surface area contributed by atoms with E-state index < -0.39 is 0 Å². The van der Waals surface area contributed by atoms with Gasteiger partial charge in [-0.25, -0.2) is 0 Å². The SMILES string of the molecule is Cc1ccccc1CC1NC(C)CO1.Cl. The Hall–Kier alpha value is -0.570. The van der Waals surface area contributed by atoms with Crippen LogP contribution in [-0.4, -0.2) is 18.9 Å². The molecular weight excluding hydrogens is 210 g/mol. The largest absolute Gasteiger partial charge is 0.361 e. The molecule has 0 saturated carbocycles. The molecule has 1 N–H and O–H groups in total. The van der Waals surface area contributed by atoms with Crippen molar-refractivity contribution in [3.63, 3.8) is 0 Å². The zero-order chi connectivity index (χ0) is 9.97. The Bertz CT molecular complexity index is 316. The summed E-state index contributed by atoms with van der Waals surface area (Å²) in [5.74, 6) is 0. The standard InChI is InChI=1S/C12H17NO.ClH/c1-9-5-3-4-6-11(9)7-12-13-10(2)8-14-12;/h3-6,10,12-13H,7-8H2,1-2H3;1H. The molecule has 0 aliphatic carbocycles. The van der Waals surface area contributed by atoms with Gasteiger partial charge in [0.25, 0.3) is 0 Å². The van der Waals surface area contributed by atoms with Crippen LogP contribution in [0.15, 0.2) is 24.3 Å². The lowest BCUT2D eigenvalue weighted by atomic mass is 10.1. The van der Waals surface area contributed by atoms with Crippen LogP contribution < -0.4 is 5.32 Å². The number of benzene rings is 1. The molecule has 2 atom stereocenters. The lowest BCUT2D eigenvalue weighted by molar-refractivity contribution is 0.101. The first-order valence-corrected chi connectivity index (χ1v) is 5.18. The highest BCUT2D eigenvalue weighted by molar-refractivity contribution is 5.85. The van der Waals surface area contributed by atoms with Crippen LogP contribution in [0.2, 0.25) is 0 Å². The van der Waals surface area contributed by atoms with E-state index in [0.717, 1.165) is 13.0 Å². The van der Waals surface area contributed by atoms with Gasteiger partial charge in [-0.2, -0.15) is 0 Å². The first kappa shape index (κ1) is 12.5. The van der Waals surface area contributed by atoms with Gasteiger partial charge in [-0.1, -0.05) is 24.3 Å². The Balaban J connectivity index is 0.00000112. The number of hydrogen-bond acceptors (Lipinski definition) is 2. The van der Waals surface area contributed by atoms with E-state index in [4.69, 9.17) is 4.74 Å². The van der Waals surface area contributed by atoms with Gasteiger partial charge >= 0.3 is 0 Å². The lowest BCUT2D eigenvalue weighted by Crippen LogP contribution is -2.30. The van der Waals surface area contributed by atoms with Crippen LogP contribution in [0.5, 0.6) is 0 Å². The van der Waals surface area contributed by atoms with Crippen LogP contribution in [0.3, 0.4) is 0 Å². The van der Waals surface area contributed by atoms with Gasteiger partial charge in [-0.05, 0) is 25.0 Å². The average molecular weight is 228 g/mol. The summed E-state index contributed by atoms with van der Waals surface area (Å²) in [6, 6.07) is 8.96. The summed E-state index contributed by atoms with van der Waals surface area (Å²) in [6.07, 6.45) is 1.17. The average Bonchev–Trinajstić information content (AvgIpc) is 2.56. The molecule has 84 valence electrons. The van der Waals surface area contributed by atoms with Crippen LogP contribution >= 0.6 is 12.4 Å². The third-order valence-corrected chi connectivity index (χ3v) is 2.68. The van der Waals surface area contributed by atoms with Gasteiger partial charge in [0.15, 0.2) is 0 Å². The van der Waals surface area contributed by atoms with Crippen molar-refractivity contribution in [2.75, 3.05) is 6.61 Å². The first-order chi connectivity index (χ1) is 6.75. The summed E-state index contributed by atoms with van der Waals surface area (Å²) in [4.78, 5) is 0. The summed E-state index contributed by atoms with van der Waals surface area (Å²) in [6.45, 7) is 5.13. The number of ether oxygens (including phenoxy) is 1. The summed E-state index contributed by atoms with van der Waals surface area (Å²) in [5.41, 5.74) is 2.72. The second-order valence-corrected chi connectivity index (χ2v) is 4.02. The Morgan fingerprint density at radius 3 is 2.73 bits per heavy atom. The fraction of sp³-hybridized carbons (Fsp3) is 0.500. The molecule has 0 bridgehead atoms. The quantitative estimate of drug-likeness (QED) is 0.837. The third kappa shape index (κ3) is 3.20. The maximum atomic E-state index is 5.61. The van der Waals surface area contributed by atoms with Gasteiger partial charge in [0.1, 0.15) is 6.23 Å². The van der Waals surface area contributed by atoms with Crippen LogP contribution in [0, 0.1) is 6.92 Å². The summed E-state index contributed by atoms with van der Waals surface area (Å²) in [7, 11) is 0. The first-order valence-electron chi connectivity index (χ1n) is 5.18. The smallest absolute Gasteiger partial charge is 0.112 e. The van der Waals surface area contributed by atoms with Crippen molar-refractivity contribution in [2.45, 2.75) is 32.5 Å². The third-order valence-electron chi connectivity index (χ3n) is 2.68. The molecule has 0 aromatic heterocycles. The summed E-state index contributed by atoms with van der Waals surface area (Å²) >= 11 is 0. The van der Waals surface area contributed by atoms with E-state index in [1.807, 2.05) is 0 Å². The number of nitrogens with one attached hydrogen (secondary N) is 1. The molecule has 3 heteroatoms. The molecule has 0 spiro atoms. The van der Waals surface area contributed by atoms with Gasteiger partial charge in [0.05, 0.1) is 6.61 Å². The van der Waals surface area contributed by atoms with E-state index in [1.165, 1.54) is 11.1 Å². The molecule has 1 fully saturated rings. The minimum atomic E-state index is 0. The van der Waals surface area contributed by atoms with Gasteiger partial charge < -0.3 is 4.74 Å². The highest BCUT2D eigenvalue weighted by Crippen LogP contribution is 2.13. The topological polar surface area (TPSA) is 21.3 Å². The van der Waals surface area contributed by atoms with Crippen LogP contribution in [0.4, 0.5) is 0 Å². The molecule has 0 radical (unpaired) electrons. The minimum absolute atomic E-state index is 0. The molecule has 15 heavy (non-hydrogen) atoms. The van der Waals surface area contributed by atoms with Gasteiger partial charge in [-0.15, -0.1) is 12.4 Å². The zero-order valence-electron chi connectivity index (χ0n) is 9.19. The molecule has 1 aliphatic rings. The van der Waals surface area contributed by atoms with Gasteiger partial charge in [0, 0.05) is 12.5 Å². The van der Waals surface area contributed by atoms with Gasteiger partial charge in [0.2, 0.25) is 0 Å². The molecule has 2 rings (SSSR count). The fourth-order valence-corrected chi connectivity index (χ4v) is 1.83. The second-order valence-electron chi connectivity index (χ2n) is 4.02. The Kier molecular flexibility index (Phi) is 4.58.